The molecular weight excluding hydrogens is 268 g/mol. The number of carbonyl (C=O) groups is 1. The first-order valence-corrected chi connectivity index (χ1v) is 7.61. The summed E-state index contributed by atoms with van der Waals surface area (Å²) in [4.78, 5) is 13.0. The van der Waals surface area contributed by atoms with Gasteiger partial charge in [-0.25, -0.2) is 4.79 Å². The van der Waals surface area contributed by atoms with Gasteiger partial charge in [-0.1, -0.05) is 49.4 Å². The van der Waals surface area contributed by atoms with Gasteiger partial charge in [0.15, 0.2) is 0 Å². The highest BCUT2D eigenvalue weighted by atomic mass is 32.2. The molecule has 20 heavy (non-hydrogen) atoms. The molecule has 0 aliphatic rings. The highest BCUT2D eigenvalue weighted by Crippen LogP contribution is 2.29. The van der Waals surface area contributed by atoms with E-state index in [1.807, 2.05) is 43.3 Å². The van der Waals surface area contributed by atoms with E-state index in [1.54, 1.807) is 11.8 Å². The van der Waals surface area contributed by atoms with Crippen LogP contribution in [0.5, 0.6) is 0 Å². The molecule has 2 aromatic carbocycles. The van der Waals surface area contributed by atoms with E-state index in [1.165, 1.54) is 12.7 Å². The first-order valence-electron chi connectivity index (χ1n) is 6.63. The van der Waals surface area contributed by atoms with Crippen LogP contribution in [0.1, 0.15) is 28.4 Å². The van der Waals surface area contributed by atoms with Crippen LogP contribution >= 0.6 is 11.8 Å². The zero-order chi connectivity index (χ0) is 14.4. The molecule has 0 saturated heterocycles. The second-order valence-electron chi connectivity index (χ2n) is 4.41. The third-order valence-corrected chi connectivity index (χ3v) is 4.25. The average molecular weight is 286 g/mol. The highest BCUT2D eigenvalue weighted by Gasteiger charge is 2.16. The number of methoxy groups -OCH3 is 1. The van der Waals surface area contributed by atoms with Crippen LogP contribution in [0, 0.1) is 0 Å². The third-order valence-electron chi connectivity index (χ3n) is 3.12. The van der Waals surface area contributed by atoms with Gasteiger partial charge in [0, 0.05) is 10.6 Å². The third kappa shape index (κ3) is 3.42. The topological polar surface area (TPSA) is 26.3 Å². The van der Waals surface area contributed by atoms with Crippen molar-refractivity contribution in [2.75, 3.05) is 7.11 Å². The Bertz CT molecular complexity index is 579. The van der Waals surface area contributed by atoms with Crippen LogP contribution in [0.2, 0.25) is 0 Å². The van der Waals surface area contributed by atoms with Gasteiger partial charge >= 0.3 is 5.97 Å². The van der Waals surface area contributed by atoms with Crippen LogP contribution in [0.4, 0.5) is 0 Å². The number of benzene rings is 2. The van der Waals surface area contributed by atoms with Gasteiger partial charge in [0.1, 0.15) is 0 Å². The monoisotopic (exact) mass is 286 g/mol. The molecule has 3 heteroatoms. The minimum absolute atomic E-state index is 0.252. The van der Waals surface area contributed by atoms with Gasteiger partial charge < -0.3 is 4.74 Å². The van der Waals surface area contributed by atoms with Crippen LogP contribution in [-0.2, 0) is 16.9 Å². The van der Waals surface area contributed by atoms with Crippen molar-refractivity contribution in [1.29, 1.82) is 0 Å². The molecule has 0 unspecified atom stereocenters. The van der Waals surface area contributed by atoms with Crippen LogP contribution < -0.4 is 0 Å². The van der Waals surface area contributed by atoms with Crippen molar-refractivity contribution < 1.29 is 9.53 Å². The molecule has 104 valence electrons. The Hall–Kier alpha value is -1.74. The molecule has 0 amide bonds. The van der Waals surface area contributed by atoms with Gasteiger partial charge in [0.05, 0.1) is 12.7 Å². The molecule has 0 aliphatic heterocycles. The van der Waals surface area contributed by atoms with Crippen molar-refractivity contribution in [3.05, 3.63) is 65.2 Å². The summed E-state index contributed by atoms with van der Waals surface area (Å²) in [6, 6.07) is 16.2. The second kappa shape index (κ2) is 7.15. The molecule has 0 saturated carbocycles. The van der Waals surface area contributed by atoms with Gasteiger partial charge in [-0.2, -0.15) is 0 Å². The Kier molecular flexibility index (Phi) is 5.24. The van der Waals surface area contributed by atoms with E-state index >= 15 is 0 Å². The van der Waals surface area contributed by atoms with E-state index < -0.39 is 0 Å². The number of esters is 1. The average Bonchev–Trinajstić information content (AvgIpc) is 2.52. The summed E-state index contributed by atoms with van der Waals surface area (Å²) in [6.45, 7) is 2.05. The van der Waals surface area contributed by atoms with Crippen LogP contribution in [0.25, 0.3) is 0 Å². The fraction of sp³-hybridized carbons (Fsp3) is 0.235. The fourth-order valence-electron chi connectivity index (χ4n) is 2.06. The number of hydrogen-bond acceptors (Lipinski definition) is 3. The molecule has 2 nitrogen and oxygen atoms in total. The molecule has 0 fully saturated rings. The highest BCUT2D eigenvalue weighted by molar-refractivity contribution is 7.98. The Morgan fingerprint density at radius 3 is 2.50 bits per heavy atom. The molecule has 0 aliphatic carbocycles. The molecule has 0 heterocycles. The lowest BCUT2D eigenvalue weighted by atomic mass is 10.1. The number of thioether (sulfide) groups is 1. The molecule has 0 radical (unpaired) electrons. The fourth-order valence-corrected chi connectivity index (χ4v) is 3.11. The minimum atomic E-state index is -0.252. The standard InChI is InChI=1S/C17H18O2S/c1-3-14-10-7-11-15(16(14)17(18)19-2)20-12-13-8-5-4-6-9-13/h4-11H,3,12H2,1-2H3. The van der Waals surface area contributed by atoms with E-state index in [2.05, 4.69) is 12.1 Å². The molecule has 0 N–H and O–H groups in total. The Labute approximate surface area is 124 Å². The summed E-state index contributed by atoms with van der Waals surface area (Å²) in [5, 5.41) is 0. The largest absolute Gasteiger partial charge is 0.465 e. The number of ether oxygens (including phenoxy) is 1. The molecular formula is C17H18O2S. The summed E-state index contributed by atoms with van der Waals surface area (Å²) in [5.74, 6) is 0.593. The summed E-state index contributed by atoms with van der Waals surface area (Å²) in [5.41, 5.74) is 2.99. The summed E-state index contributed by atoms with van der Waals surface area (Å²) < 4.78 is 4.92. The summed E-state index contributed by atoms with van der Waals surface area (Å²) in [6.07, 6.45) is 0.824. The maximum Gasteiger partial charge on any atom is 0.339 e. The lowest BCUT2D eigenvalue weighted by Crippen LogP contribution is -2.07. The van der Waals surface area contributed by atoms with Crippen molar-refractivity contribution >= 4 is 17.7 Å². The van der Waals surface area contributed by atoms with Gasteiger partial charge in [0.25, 0.3) is 0 Å². The van der Waals surface area contributed by atoms with Crippen molar-refractivity contribution in [2.45, 2.75) is 24.0 Å². The number of rotatable bonds is 5. The molecule has 2 aromatic rings. The van der Waals surface area contributed by atoms with E-state index in [9.17, 15) is 4.79 Å². The Morgan fingerprint density at radius 1 is 1.10 bits per heavy atom. The summed E-state index contributed by atoms with van der Waals surface area (Å²) in [7, 11) is 1.43. The maximum absolute atomic E-state index is 12.0. The normalized spacial score (nSPS) is 10.3. The van der Waals surface area contributed by atoms with E-state index in [0.29, 0.717) is 5.56 Å². The Balaban J connectivity index is 2.25. The van der Waals surface area contributed by atoms with Crippen LogP contribution in [-0.4, -0.2) is 13.1 Å². The number of aryl methyl sites for hydroxylation is 1. The van der Waals surface area contributed by atoms with Gasteiger partial charge in [-0.15, -0.1) is 11.8 Å². The van der Waals surface area contributed by atoms with Crippen LogP contribution in [0.15, 0.2) is 53.4 Å². The lowest BCUT2D eigenvalue weighted by molar-refractivity contribution is 0.0595. The molecule has 0 spiro atoms. The molecule has 0 atom stereocenters. The molecule has 2 rings (SSSR count). The first-order chi connectivity index (χ1) is 9.76. The predicted molar refractivity (Wildman–Crippen MR) is 83.2 cm³/mol. The zero-order valence-electron chi connectivity index (χ0n) is 11.8. The second-order valence-corrected chi connectivity index (χ2v) is 5.43. The zero-order valence-corrected chi connectivity index (χ0v) is 12.6. The smallest absolute Gasteiger partial charge is 0.339 e. The lowest BCUT2D eigenvalue weighted by Gasteiger charge is -2.11. The molecule has 0 bridgehead atoms. The minimum Gasteiger partial charge on any atom is -0.465 e. The summed E-state index contributed by atoms with van der Waals surface area (Å²) >= 11 is 1.67. The number of hydrogen-bond donors (Lipinski definition) is 0. The SMILES string of the molecule is CCc1cccc(SCc2ccccc2)c1C(=O)OC. The van der Waals surface area contributed by atoms with E-state index in [0.717, 1.165) is 22.6 Å². The first kappa shape index (κ1) is 14.7. The van der Waals surface area contributed by atoms with Crippen molar-refractivity contribution in [2.24, 2.45) is 0 Å². The molecule has 0 aromatic heterocycles. The predicted octanol–water partition coefficient (Wildman–Crippen LogP) is 4.33. The quantitative estimate of drug-likeness (QED) is 0.604. The van der Waals surface area contributed by atoms with Gasteiger partial charge in [-0.3, -0.25) is 0 Å². The van der Waals surface area contributed by atoms with E-state index in [-0.39, 0.29) is 5.97 Å². The van der Waals surface area contributed by atoms with Crippen LogP contribution in [0.3, 0.4) is 0 Å². The van der Waals surface area contributed by atoms with Gasteiger partial charge in [0.2, 0.25) is 0 Å². The van der Waals surface area contributed by atoms with E-state index in [4.69, 9.17) is 4.74 Å². The Morgan fingerprint density at radius 2 is 1.85 bits per heavy atom. The number of carbonyl (C=O) groups excluding carboxylic acids is 1. The maximum atomic E-state index is 12.0. The van der Waals surface area contributed by atoms with Crippen molar-refractivity contribution in [1.82, 2.24) is 0 Å². The van der Waals surface area contributed by atoms with Crippen molar-refractivity contribution in [3.8, 4) is 0 Å². The van der Waals surface area contributed by atoms with Gasteiger partial charge in [-0.05, 0) is 23.6 Å². The van der Waals surface area contributed by atoms with Crippen molar-refractivity contribution in [3.63, 3.8) is 0 Å².